The number of nitrogens with two attached hydrogens (primary N) is 1. The van der Waals surface area contributed by atoms with E-state index in [9.17, 15) is 0 Å². The quantitative estimate of drug-likeness (QED) is 0.753. The van der Waals surface area contributed by atoms with Crippen molar-refractivity contribution in [3.63, 3.8) is 0 Å². The fourth-order valence-electron chi connectivity index (χ4n) is 1.88. The standard InChI is InChI=1S/C10H16N2S/c11-6-9-4-3-8(7-12-9)10-2-1-5-13-10/h1-2,5,8-9,12H,3-4,6-7,11H2. The molecule has 0 aliphatic carbocycles. The Balaban J connectivity index is 1.92. The van der Waals surface area contributed by atoms with E-state index in [1.165, 1.54) is 17.7 Å². The molecule has 2 unspecified atom stereocenters. The Morgan fingerprint density at radius 3 is 3.00 bits per heavy atom. The highest BCUT2D eigenvalue weighted by Gasteiger charge is 2.20. The number of piperidine rings is 1. The zero-order valence-corrected chi connectivity index (χ0v) is 8.52. The smallest absolute Gasteiger partial charge is 0.0190 e. The lowest BCUT2D eigenvalue weighted by molar-refractivity contribution is 0.374. The summed E-state index contributed by atoms with van der Waals surface area (Å²) < 4.78 is 0. The highest BCUT2D eigenvalue weighted by molar-refractivity contribution is 7.10. The second kappa shape index (κ2) is 4.22. The van der Waals surface area contributed by atoms with E-state index in [4.69, 9.17) is 5.73 Å². The van der Waals surface area contributed by atoms with E-state index in [1.807, 2.05) is 11.3 Å². The Morgan fingerprint density at radius 2 is 2.46 bits per heavy atom. The van der Waals surface area contributed by atoms with Gasteiger partial charge in [-0.25, -0.2) is 0 Å². The lowest BCUT2D eigenvalue weighted by Gasteiger charge is -2.28. The van der Waals surface area contributed by atoms with Crippen LogP contribution >= 0.6 is 11.3 Å². The van der Waals surface area contributed by atoms with Crippen molar-refractivity contribution in [1.29, 1.82) is 0 Å². The van der Waals surface area contributed by atoms with Gasteiger partial charge in [-0.05, 0) is 24.3 Å². The topological polar surface area (TPSA) is 38.0 Å². The molecule has 0 bridgehead atoms. The molecule has 0 aromatic carbocycles. The predicted molar refractivity (Wildman–Crippen MR) is 57.1 cm³/mol. The first-order valence-electron chi connectivity index (χ1n) is 4.87. The highest BCUT2D eigenvalue weighted by Crippen LogP contribution is 2.28. The Bertz CT molecular complexity index is 237. The number of rotatable bonds is 2. The van der Waals surface area contributed by atoms with Crippen molar-refractivity contribution < 1.29 is 0 Å². The molecule has 1 aromatic rings. The van der Waals surface area contributed by atoms with Gasteiger partial charge in [-0.3, -0.25) is 0 Å². The van der Waals surface area contributed by atoms with Gasteiger partial charge < -0.3 is 11.1 Å². The molecule has 0 saturated carbocycles. The molecule has 2 nitrogen and oxygen atoms in total. The third-order valence-corrected chi connectivity index (χ3v) is 3.78. The first kappa shape index (κ1) is 9.19. The summed E-state index contributed by atoms with van der Waals surface area (Å²) in [6.45, 7) is 1.87. The summed E-state index contributed by atoms with van der Waals surface area (Å²) in [6.07, 6.45) is 2.51. The molecular formula is C10H16N2S. The fourth-order valence-corrected chi connectivity index (χ4v) is 2.75. The first-order valence-corrected chi connectivity index (χ1v) is 5.75. The maximum absolute atomic E-state index is 5.61. The summed E-state index contributed by atoms with van der Waals surface area (Å²) in [4.78, 5) is 1.52. The third-order valence-electron chi connectivity index (χ3n) is 2.75. The van der Waals surface area contributed by atoms with Crippen molar-refractivity contribution in [1.82, 2.24) is 5.32 Å². The number of nitrogens with one attached hydrogen (secondary N) is 1. The molecule has 1 aliphatic rings. The Labute approximate surface area is 83.1 Å². The normalized spacial score (nSPS) is 29.0. The van der Waals surface area contributed by atoms with Crippen LogP contribution < -0.4 is 11.1 Å². The van der Waals surface area contributed by atoms with Crippen LogP contribution in [0.5, 0.6) is 0 Å². The minimum atomic E-state index is 0.552. The van der Waals surface area contributed by atoms with Crippen LogP contribution in [0, 0.1) is 0 Å². The molecule has 2 heterocycles. The van der Waals surface area contributed by atoms with E-state index in [2.05, 4.69) is 22.8 Å². The monoisotopic (exact) mass is 196 g/mol. The molecule has 3 N–H and O–H groups in total. The second-order valence-corrected chi connectivity index (χ2v) is 4.61. The van der Waals surface area contributed by atoms with Gasteiger partial charge in [-0.2, -0.15) is 0 Å². The molecule has 2 rings (SSSR count). The summed E-state index contributed by atoms with van der Waals surface area (Å²) in [7, 11) is 0. The van der Waals surface area contributed by atoms with E-state index in [0.717, 1.165) is 19.0 Å². The van der Waals surface area contributed by atoms with Crippen LogP contribution in [0.1, 0.15) is 23.6 Å². The molecular weight excluding hydrogens is 180 g/mol. The lowest BCUT2D eigenvalue weighted by Crippen LogP contribution is -2.42. The zero-order valence-electron chi connectivity index (χ0n) is 7.70. The molecule has 1 aromatic heterocycles. The molecule has 3 heteroatoms. The molecule has 1 fully saturated rings. The van der Waals surface area contributed by atoms with Crippen LogP contribution in [0.25, 0.3) is 0 Å². The van der Waals surface area contributed by atoms with Gasteiger partial charge in [0.15, 0.2) is 0 Å². The molecule has 13 heavy (non-hydrogen) atoms. The maximum Gasteiger partial charge on any atom is 0.0190 e. The number of thiophene rings is 1. The summed E-state index contributed by atoms with van der Waals surface area (Å²) in [5, 5.41) is 5.65. The zero-order chi connectivity index (χ0) is 9.10. The minimum absolute atomic E-state index is 0.552. The van der Waals surface area contributed by atoms with Gasteiger partial charge in [0, 0.05) is 29.9 Å². The minimum Gasteiger partial charge on any atom is -0.329 e. The molecule has 1 aliphatic heterocycles. The average molecular weight is 196 g/mol. The van der Waals surface area contributed by atoms with Crippen LogP contribution in [-0.4, -0.2) is 19.1 Å². The lowest BCUT2D eigenvalue weighted by atomic mass is 9.93. The highest BCUT2D eigenvalue weighted by atomic mass is 32.1. The van der Waals surface area contributed by atoms with E-state index in [-0.39, 0.29) is 0 Å². The second-order valence-electron chi connectivity index (χ2n) is 3.63. The van der Waals surface area contributed by atoms with E-state index in [0.29, 0.717) is 6.04 Å². The molecule has 72 valence electrons. The van der Waals surface area contributed by atoms with Gasteiger partial charge in [0.25, 0.3) is 0 Å². The Kier molecular flexibility index (Phi) is 2.98. The fraction of sp³-hybridized carbons (Fsp3) is 0.600. The van der Waals surface area contributed by atoms with Crippen LogP contribution in [0.4, 0.5) is 0 Å². The SMILES string of the molecule is NCC1CCC(c2cccs2)CN1. The van der Waals surface area contributed by atoms with E-state index < -0.39 is 0 Å². The summed E-state index contributed by atoms with van der Waals surface area (Å²) in [6, 6.07) is 4.92. The first-order chi connectivity index (χ1) is 6.40. The van der Waals surface area contributed by atoms with Gasteiger partial charge in [0.05, 0.1) is 0 Å². The Hall–Kier alpha value is -0.380. The van der Waals surface area contributed by atoms with Gasteiger partial charge in [-0.15, -0.1) is 11.3 Å². The molecule has 0 radical (unpaired) electrons. The number of hydrogen-bond acceptors (Lipinski definition) is 3. The third kappa shape index (κ3) is 2.10. The van der Waals surface area contributed by atoms with Crippen molar-refractivity contribution in [3.8, 4) is 0 Å². The van der Waals surface area contributed by atoms with Gasteiger partial charge in [-0.1, -0.05) is 6.07 Å². The van der Waals surface area contributed by atoms with Crippen LogP contribution in [0.2, 0.25) is 0 Å². The van der Waals surface area contributed by atoms with E-state index >= 15 is 0 Å². The van der Waals surface area contributed by atoms with E-state index in [1.54, 1.807) is 0 Å². The van der Waals surface area contributed by atoms with Crippen LogP contribution in [-0.2, 0) is 0 Å². The average Bonchev–Trinajstić information content (AvgIpc) is 2.71. The molecule has 0 amide bonds. The van der Waals surface area contributed by atoms with Crippen molar-refractivity contribution in [2.75, 3.05) is 13.1 Å². The van der Waals surface area contributed by atoms with Crippen molar-refractivity contribution >= 4 is 11.3 Å². The largest absolute Gasteiger partial charge is 0.329 e. The van der Waals surface area contributed by atoms with Crippen molar-refractivity contribution in [2.45, 2.75) is 24.8 Å². The van der Waals surface area contributed by atoms with Crippen LogP contribution in [0.3, 0.4) is 0 Å². The molecule has 2 atom stereocenters. The Morgan fingerprint density at radius 1 is 1.54 bits per heavy atom. The molecule has 1 saturated heterocycles. The van der Waals surface area contributed by atoms with Crippen LogP contribution in [0.15, 0.2) is 17.5 Å². The summed E-state index contributed by atoms with van der Waals surface area (Å²) in [5.74, 6) is 0.725. The summed E-state index contributed by atoms with van der Waals surface area (Å²) >= 11 is 1.87. The number of hydrogen-bond donors (Lipinski definition) is 2. The van der Waals surface area contributed by atoms with Gasteiger partial charge in [0.2, 0.25) is 0 Å². The van der Waals surface area contributed by atoms with Crippen molar-refractivity contribution in [2.24, 2.45) is 5.73 Å². The molecule has 0 spiro atoms. The predicted octanol–water partition coefficient (Wildman–Crippen LogP) is 1.54. The maximum atomic E-state index is 5.61. The van der Waals surface area contributed by atoms with Crippen molar-refractivity contribution in [3.05, 3.63) is 22.4 Å². The summed E-state index contributed by atoms with van der Waals surface area (Å²) in [5.41, 5.74) is 5.61. The van der Waals surface area contributed by atoms with Gasteiger partial charge >= 0.3 is 0 Å². The van der Waals surface area contributed by atoms with Gasteiger partial charge in [0.1, 0.15) is 0 Å².